The summed E-state index contributed by atoms with van der Waals surface area (Å²) in [5.74, 6) is 0.338. The average Bonchev–Trinajstić information content (AvgIpc) is 2.75. The van der Waals surface area contributed by atoms with Crippen LogP contribution in [0, 0.1) is 19.7 Å². The minimum atomic E-state index is -1.27. The summed E-state index contributed by atoms with van der Waals surface area (Å²) in [4.78, 5) is 0. The summed E-state index contributed by atoms with van der Waals surface area (Å²) in [6.45, 7) is 3.71. The van der Waals surface area contributed by atoms with Crippen LogP contribution in [0.2, 0.25) is 0 Å². The normalized spacial score (nSPS) is 20.4. The van der Waals surface area contributed by atoms with E-state index in [9.17, 15) is 9.50 Å². The highest BCUT2D eigenvalue weighted by Gasteiger charge is 2.41. The summed E-state index contributed by atoms with van der Waals surface area (Å²) >= 11 is 0. The van der Waals surface area contributed by atoms with Crippen molar-refractivity contribution < 1.29 is 14.2 Å². The van der Waals surface area contributed by atoms with E-state index in [0.29, 0.717) is 17.7 Å². The second-order valence-corrected chi connectivity index (χ2v) is 5.82. The van der Waals surface area contributed by atoms with Gasteiger partial charge in [-0.25, -0.2) is 4.39 Å². The lowest BCUT2D eigenvalue weighted by Gasteiger charge is -2.27. The first kappa shape index (κ1) is 14.1. The van der Waals surface area contributed by atoms with Crippen LogP contribution in [-0.4, -0.2) is 12.2 Å². The summed E-state index contributed by atoms with van der Waals surface area (Å²) in [6, 6.07) is 9.05. The predicted molar refractivity (Wildman–Crippen MR) is 80.2 cm³/mol. The van der Waals surface area contributed by atoms with Gasteiger partial charge in [-0.05, 0) is 67.1 Å². The number of fused-ring (bicyclic) bond motifs is 1. The molecule has 1 atom stereocenters. The standard InChI is InChI=1S/C18H19FO2/c1-11-8-12(2)17(16(19)9-11)18(20)7-6-13-4-5-14(21-3)10-15(13)18/h4-5,8-10,20H,6-7H2,1-3H3. The van der Waals surface area contributed by atoms with Crippen molar-refractivity contribution in [3.05, 3.63) is 64.0 Å². The molecule has 0 radical (unpaired) electrons. The SMILES string of the molecule is COc1ccc2c(c1)C(O)(c1c(C)cc(C)cc1F)CC2. The van der Waals surface area contributed by atoms with Crippen molar-refractivity contribution in [3.63, 3.8) is 0 Å². The summed E-state index contributed by atoms with van der Waals surface area (Å²) < 4.78 is 19.7. The van der Waals surface area contributed by atoms with Gasteiger partial charge in [0.1, 0.15) is 17.2 Å². The molecule has 1 aliphatic carbocycles. The number of rotatable bonds is 2. The van der Waals surface area contributed by atoms with Gasteiger partial charge in [0.05, 0.1) is 7.11 Å². The third kappa shape index (κ3) is 2.12. The summed E-state index contributed by atoms with van der Waals surface area (Å²) in [5.41, 5.74) is 2.57. The van der Waals surface area contributed by atoms with Crippen molar-refractivity contribution in [3.8, 4) is 5.75 Å². The molecule has 0 amide bonds. The van der Waals surface area contributed by atoms with E-state index in [-0.39, 0.29) is 5.82 Å². The number of aliphatic hydroxyl groups is 1. The lowest BCUT2D eigenvalue weighted by atomic mass is 9.84. The van der Waals surface area contributed by atoms with E-state index >= 15 is 0 Å². The molecule has 3 heteroatoms. The van der Waals surface area contributed by atoms with Crippen LogP contribution in [-0.2, 0) is 12.0 Å². The zero-order valence-electron chi connectivity index (χ0n) is 12.5. The molecular weight excluding hydrogens is 267 g/mol. The summed E-state index contributed by atoms with van der Waals surface area (Å²) in [5, 5.41) is 11.2. The second kappa shape index (κ2) is 4.85. The molecule has 3 rings (SSSR count). The van der Waals surface area contributed by atoms with E-state index in [2.05, 4.69) is 0 Å². The lowest BCUT2D eigenvalue weighted by molar-refractivity contribution is 0.0780. The van der Waals surface area contributed by atoms with Crippen molar-refractivity contribution in [2.75, 3.05) is 7.11 Å². The molecule has 2 aromatic rings. The van der Waals surface area contributed by atoms with E-state index in [1.54, 1.807) is 7.11 Å². The molecule has 0 fully saturated rings. The molecule has 0 heterocycles. The van der Waals surface area contributed by atoms with Crippen LogP contribution in [0.25, 0.3) is 0 Å². The highest BCUT2D eigenvalue weighted by Crippen LogP contribution is 2.45. The molecule has 1 unspecified atom stereocenters. The topological polar surface area (TPSA) is 29.5 Å². The van der Waals surface area contributed by atoms with Crippen LogP contribution in [0.15, 0.2) is 30.3 Å². The molecule has 21 heavy (non-hydrogen) atoms. The van der Waals surface area contributed by atoms with Crippen molar-refractivity contribution in [1.82, 2.24) is 0 Å². The zero-order chi connectivity index (χ0) is 15.2. The lowest BCUT2D eigenvalue weighted by Crippen LogP contribution is -2.27. The molecule has 0 saturated heterocycles. The van der Waals surface area contributed by atoms with E-state index < -0.39 is 5.60 Å². The Bertz CT molecular complexity index is 685. The van der Waals surface area contributed by atoms with Crippen molar-refractivity contribution in [2.45, 2.75) is 32.3 Å². The molecule has 0 bridgehead atoms. The molecule has 2 aromatic carbocycles. The number of halogens is 1. The number of aryl methyl sites for hydroxylation is 3. The Balaban J connectivity index is 2.21. The van der Waals surface area contributed by atoms with Crippen LogP contribution in [0.5, 0.6) is 5.75 Å². The Morgan fingerprint density at radius 1 is 1.19 bits per heavy atom. The predicted octanol–water partition coefficient (Wildman–Crippen LogP) is 3.63. The van der Waals surface area contributed by atoms with E-state index in [0.717, 1.165) is 28.7 Å². The third-order valence-corrected chi connectivity index (χ3v) is 4.36. The summed E-state index contributed by atoms with van der Waals surface area (Å²) in [6.07, 6.45) is 1.24. The number of ether oxygens (including phenoxy) is 1. The number of hydrogen-bond acceptors (Lipinski definition) is 2. The number of benzene rings is 2. The van der Waals surface area contributed by atoms with Gasteiger partial charge in [-0.15, -0.1) is 0 Å². The second-order valence-electron chi connectivity index (χ2n) is 5.82. The van der Waals surface area contributed by atoms with E-state index in [1.165, 1.54) is 6.07 Å². The first-order valence-corrected chi connectivity index (χ1v) is 7.12. The van der Waals surface area contributed by atoms with Gasteiger partial charge < -0.3 is 9.84 Å². The van der Waals surface area contributed by atoms with Gasteiger partial charge in [-0.1, -0.05) is 12.1 Å². The Morgan fingerprint density at radius 2 is 1.95 bits per heavy atom. The fourth-order valence-corrected chi connectivity index (χ4v) is 3.43. The number of methoxy groups -OCH3 is 1. The minimum absolute atomic E-state index is 0.342. The van der Waals surface area contributed by atoms with Gasteiger partial charge in [-0.3, -0.25) is 0 Å². The zero-order valence-corrected chi connectivity index (χ0v) is 12.5. The fraction of sp³-hybridized carbons (Fsp3) is 0.333. The summed E-state index contributed by atoms with van der Waals surface area (Å²) in [7, 11) is 1.59. The maximum Gasteiger partial charge on any atom is 0.130 e. The Hall–Kier alpha value is -1.87. The largest absolute Gasteiger partial charge is 0.497 e. The molecule has 0 aliphatic heterocycles. The molecule has 0 saturated carbocycles. The van der Waals surface area contributed by atoms with Crippen LogP contribution >= 0.6 is 0 Å². The molecule has 110 valence electrons. The highest BCUT2D eigenvalue weighted by atomic mass is 19.1. The first-order chi connectivity index (χ1) is 9.95. The first-order valence-electron chi connectivity index (χ1n) is 7.12. The van der Waals surface area contributed by atoms with Gasteiger partial charge in [0.2, 0.25) is 0 Å². The highest BCUT2D eigenvalue weighted by molar-refractivity contribution is 5.51. The maximum absolute atomic E-state index is 14.5. The van der Waals surface area contributed by atoms with Crippen LogP contribution < -0.4 is 4.74 Å². The van der Waals surface area contributed by atoms with Gasteiger partial charge in [0.15, 0.2) is 0 Å². The van der Waals surface area contributed by atoms with Crippen molar-refractivity contribution in [2.24, 2.45) is 0 Å². The Labute approximate surface area is 124 Å². The van der Waals surface area contributed by atoms with Gasteiger partial charge in [0.25, 0.3) is 0 Å². The average molecular weight is 286 g/mol. The van der Waals surface area contributed by atoms with Crippen molar-refractivity contribution in [1.29, 1.82) is 0 Å². The van der Waals surface area contributed by atoms with E-state index in [1.807, 2.05) is 38.1 Å². The Morgan fingerprint density at radius 3 is 2.62 bits per heavy atom. The fourth-order valence-electron chi connectivity index (χ4n) is 3.43. The van der Waals surface area contributed by atoms with Gasteiger partial charge >= 0.3 is 0 Å². The maximum atomic E-state index is 14.5. The minimum Gasteiger partial charge on any atom is -0.497 e. The van der Waals surface area contributed by atoms with Crippen molar-refractivity contribution >= 4 is 0 Å². The quantitative estimate of drug-likeness (QED) is 0.913. The monoisotopic (exact) mass is 286 g/mol. The number of hydrogen-bond donors (Lipinski definition) is 1. The molecular formula is C18H19FO2. The van der Waals surface area contributed by atoms with Crippen LogP contribution in [0.4, 0.5) is 4.39 Å². The molecule has 0 aromatic heterocycles. The molecule has 1 N–H and O–H groups in total. The van der Waals surface area contributed by atoms with Crippen LogP contribution in [0.1, 0.15) is 34.2 Å². The van der Waals surface area contributed by atoms with Gasteiger partial charge in [-0.2, -0.15) is 0 Å². The van der Waals surface area contributed by atoms with Gasteiger partial charge in [0, 0.05) is 5.56 Å². The third-order valence-electron chi connectivity index (χ3n) is 4.36. The smallest absolute Gasteiger partial charge is 0.130 e. The molecule has 1 aliphatic rings. The molecule has 0 spiro atoms. The van der Waals surface area contributed by atoms with E-state index in [4.69, 9.17) is 4.74 Å². The molecule has 2 nitrogen and oxygen atoms in total. The van der Waals surface area contributed by atoms with Crippen LogP contribution in [0.3, 0.4) is 0 Å². The Kier molecular flexibility index (Phi) is 3.25.